The van der Waals surface area contributed by atoms with Crippen LogP contribution in [0.15, 0.2) is 30.5 Å². The fourth-order valence-corrected chi connectivity index (χ4v) is 3.89. The zero-order valence-corrected chi connectivity index (χ0v) is 14.2. The minimum absolute atomic E-state index is 0.111. The van der Waals surface area contributed by atoms with Crippen LogP contribution in [0.3, 0.4) is 0 Å². The Morgan fingerprint density at radius 2 is 2.04 bits per heavy atom. The summed E-state index contributed by atoms with van der Waals surface area (Å²) in [5.41, 5.74) is 2.30. The quantitative estimate of drug-likeness (QED) is 0.862. The summed E-state index contributed by atoms with van der Waals surface area (Å²) in [6, 6.07) is 8.24. The summed E-state index contributed by atoms with van der Waals surface area (Å²) in [6.07, 6.45) is 6.77. The molecule has 6 heteroatoms. The maximum absolute atomic E-state index is 12.9. The lowest BCUT2D eigenvalue weighted by Crippen LogP contribution is -2.42. The van der Waals surface area contributed by atoms with Crippen molar-refractivity contribution in [2.24, 2.45) is 0 Å². The predicted octanol–water partition coefficient (Wildman–Crippen LogP) is 2.32. The highest BCUT2D eigenvalue weighted by Gasteiger charge is 2.35. The van der Waals surface area contributed by atoms with Gasteiger partial charge in [-0.15, -0.1) is 5.10 Å². The van der Waals surface area contributed by atoms with Crippen LogP contribution in [0.2, 0.25) is 0 Å². The molecule has 1 saturated carbocycles. The van der Waals surface area contributed by atoms with Gasteiger partial charge in [-0.25, -0.2) is 4.68 Å². The van der Waals surface area contributed by atoms with E-state index in [1.165, 1.54) is 18.4 Å². The topological polar surface area (TPSA) is 60.2 Å². The van der Waals surface area contributed by atoms with E-state index in [1.807, 2.05) is 27.8 Å². The summed E-state index contributed by atoms with van der Waals surface area (Å²) < 4.78 is 7.92. The minimum atomic E-state index is -0.355. The van der Waals surface area contributed by atoms with E-state index in [4.69, 9.17) is 4.74 Å². The van der Waals surface area contributed by atoms with Crippen molar-refractivity contribution in [3.8, 4) is 5.75 Å². The number of likely N-dealkylation sites (tertiary alicyclic amines) is 1. The number of benzene rings is 1. The summed E-state index contributed by atoms with van der Waals surface area (Å²) in [7, 11) is 0. The molecule has 3 aliphatic rings. The van der Waals surface area contributed by atoms with Gasteiger partial charge in [0.2, 0.25) is 0 Å². The van der Waals surface area contributed by atoms with E-state index in [0.717, 1.165) is 37.3 Å². The molecule has 1 aromatic carbocycles. The second-order valence-corrected chi connectivity index (χ2v) is 7.38. The molecule has 1 aromatic heterocycles. The van der Waals surface area contributed by atoms with Crippen molar-refractivity contribution in [3.63, 3.8) is 0 Å². The Morgan fingerprint density at radius 1 is 1.16 bits per heavy atom. The van der Waals surface area contributed by atoms with Gasteiger partial charge in [-0.3, -0.25) is 4.79 Å². The third kappa shape index (κ3) is 2.79. The molecule has 25 heavy (non-hydrogen) atoms. The standard InChI is InChI=1S/C19H22N4O2/c24-19(18-8-7-14-3-1-2-4-17(14)25-18)22-10-9-15(11-22)23-12-16(20-21-23)13-5-6-13/h1-4,12-13,15,18H,5-11H2. The molecule has 2 aliphatic heterocycles. The molecule has 0 spiro atoms. The van der Waals surface area contributed by atoms with Gasteiger partial charge in [0.15, 0.2) is 6.10 Å². The third-order valence-corrected chi connectivity index (χ3v) is 5.57. The molecule has 130 valence electrons. The van der Waals surface area contributed by atoms with E-state index in [0.29, 0.717) is 12.5 Å². The van der Waals surface area contributed by atoms with Crippen molar-refractivity contribution in [2.45, 2.75) is 50.2 Å². The van der Waals surface area contributed by atoms with Gasteiger partial charge >= 0.3 is 0 Å². The Balaban J connectivity index is 1.24. The summed E-state index contributed by atoms with van der Waals surface area (Å²) in [4.78, 5) is 14.8. The maximum Gasteiger partial charge on any atom is 0.263 e. The van der Waals surface area contributed by atoms with Crippen LogP contribution in [0.25, 0.3) is 0 Å². The Morgan fingerprint density at radius 3 is 2.92 bits per heavy atom. The number of carbonyl (C=O) groups is 1. The van der Waals surface area contributed by atoms with Gasteiger partial charge in [-0.05, 0) is 43.7 Å². The fraction of sp³-hybridized carbons (Fsp3) is 0.526. The van der Waals surface area contributed by atoms with E-state index >= 15 is 0 Å². The number of fused-ring (bicyclic) bond motifs is 1. The molecular formula is C19H22N4O2. The first-order valence-corrected chi connectivity index (χ1v) is 9.23. The second-order valence-electron chi connectivity index (χ2n) is 7.38. The number of rotatable bonds is 3. The summed E-state index contributed by atoms with van der Waals surface area (Å²) >= 11 is 0. The van der Waals surface area contributed by atoms with E-state index in [2.05, 4.69) is 22.6 Å². The molecule has 2 aromatic rings. The average Bonchev–Trinajstić information content (AvgIpc) is 3.19. The van der Waals surface area contributed by atoms with Crippen LogP contribution in [0.4, 0.5) is 0 Å². The molecule has 6 nitrogen and oxygen atoms in total. The van der Waals surface area contributed by atoms with Crippen LogP contribution >= 0.6 is 0 Å². The largest absolute Gasteiger partial charge is 0.480 e. The van der Waals surface area contributed by atoms with Crippen molar-refractivity contribution in [1.29, 1.82) is 0 Å². The van der Waals surface area contributed by atoms with Crippen molar-refractivity contribution in [1.82, 2.24) is 19.9 Å². The SMILES string of the molecule is O=C(C1CCc2ccccc2O1)N1CCC(n2cc(C3CC3)nn2)C1. The van der Waals surface area contributed by atoms with Gasteiger partial charge in [-0.2, -0.15) is 0 Å². The Kier molecular flexibility index (Phi) is 3.50. The molecule has 1 aliphatic carbocycles. The molecule has 3 heterocycles. The third-order valence-electron chi connectivity index (χ3n) is 5.57. The van der Waals surface area contributed by atoms with Crippen molar-refractivity contribution >= 4 is 5.91 Å². The lowest BCUT2D eigenvalue weighted by atomic mass is 10.0. The predicted molar refractivity (Wildman–Crippen MR) is 91.4 cm³/mol. The summed E-state index contributed by atoms with van der Waals surface area (Å²) in [5, 5.41) is 8.59. The molecule has 0 bridgehead atoms. The molecule has 0 radical (unpaired) electrons. The minimum Gasteiger partial charge on any atom is -0.480 e. The summed E-state index contributed by atoms with van der Waals surface area (Å²) in [6.45, 7) is 1.47. The number of aromatic nitrogens is 3. The second kappa shape index (κ2) is 5.86. The van der Waals surface area contributed by atoms with Gasteiger partial charge in [0.05, 0.1) is 11.7 Å². The van der Waals surface area contributed by atoms with E-state index in [9.17, 15) is 4.79 Å². The molecule has 1 amide bonds. The first kappa shape index (κ1) is 14.9. The Bertz CT molecular complexity index is 798. The van der Waals surface area contributed by atoms with Crippen LogP contribution in [0, 0.1) is 0 Å². The van der Waals surface area contributed by atoms with E-state index in [-0.39, 0.29) is 18.1 Å². The first-order valence-electron chi connectivity index (χ1n) is 9.23. The number of hydrogen-bond donors (Lipinski definition) is 0. The van der Waals surface area contributed by atoms with Crippen LogP contribution in [-0.2, 0) is 11.2 Å². The van der Waals surface area contributed by atoms with Crippen molar-refractivity contribution in [3.05, 3.63) is 41.7 Å². The Hall–Kier alpha value is -2.37. The lowest BCUT2D eigenvalue weighted by Gasteiger charge is -2.28. The first-order chi connectivity index (χ1) is 12.3. The molecular weight excluding hydrogens is 316 g/mol. The molecule has 5 rings (SSSR count). The van der Waals surface area contributed by atoms with E-state index in [1.54, 1.807) is 0 Å². The monoisotopic (exact) mass is 338 g/mol. The number of para-hydroxylation sites is 1. The van der Waals surface area contributed by atoms with Crippen LogP contribution in [0.1, 0.15) is 48.9 Å². The number of ether oxygens (including phenoxy) is 1. The van der Waals surface area contributed by atoms with Gasteiger partial charge in [0.25, 0.3) is 5.91 Å². The number of hydrogen-bond acceptors (Lipinski definition) is 4. The highest BCUT2D eigenvalue weighted by molar-refractivity contribution is 5.82. The van der Waals surface area contributed by atoms with Gasteiger partial charge < -0.3 is 9.64 Å². The van der Waals surface area contributed by atoms with Gasteiger partial charge in [-0.1, -0.05) is 23.4 Å². The number of nitrogens with zero attached hydrogens (tertiary/aromatic N) is 4. The highest BCUT2D eigenvalue weighted by atomic mass is 16.5. The van der Waals surface area contributed by atoms with Gasteiger partial charge in [0.1, 0.15) is 5.75 Å². The fourth-order valence-electron chi connectivity index (χ4n) is 3.89. The smallest absolute Gasteiger partial charge is 0.263 e. The molecule has 2 unspecified atom stereocenters. The molecule has 2 fully saturated rings. The van der Waals surface area contributed by atoms with Crippen LogP contribution in [-0.4, -0.2) is 45.0 Å². The zero-order valence-electron chi connectivity index (χ0n) is 14.2. The lowest BCUT2D eigenvalue weighted by molar-refractivity contribution is -0.138. The Labute approximate surface area is 146 Å². The number of amides is 1. The van der Waals surface area contributed by atoms with Crippen molar-refractivity contribution < 1.29 is 9.53 Å². The van der Waals surface area contributed by atoms with Crippen molar-refractivity contribution in [2.75, 3.05) is 13.1 Å². The normalized spacial score (nSPS) is 25.5. The average molecular weight is 338 g/mol. The highest BCUT2D eigenvalue weighted by Crippen LogP contribution is 2.39. The number of aryl methyl sites for hydroxylation is 1. The maximum atomic E-state index is 12.9. The molecule has 0 N–H and O–H groups in total. The summed E-state index contributed by atoms with van der Waals surface area (Å²) in [5.74, 6) is 1.58. The van der Waals surface area contributed by atoms with E-state index < -0.39 is 0 Å². The van der Waals surface area contributed by atoms with Gasteiger partial charge in [0, 0.05) is 25.2 Å². The van der Waals surface area contributed by atoms with Crippen LogP contribution < -0.4 is 4.74 Å². The molecule has 1 saturated heterocycles. The van der Waals surface area contributed by atoms with Crippen LogP contribution in [0.5, 0.6) is 5.75 Å². The molecule has 2 atom stereocenters. The number of carbonyl (C=O) groups excluding carboxylic acids is 1. The zero-order chi connectivity index (χ0) is 16.8.